The third kappa shape index (κ3) is 6.12. The van der Waals surface area contributed by atoms with Gasteiger partial charge in [-0.05, 0) is 24.5 Å². The lowest BCUT2D eigenvalue weighted by molar-refractivity contribution is 0.149. The van der Waals surface area contributed by atoms with Gasteiger partial charge in [-0.2, -0.15) is 0 Å². The number of nitrogens with one attached hydrogen (secondary N) is 2. The van der Waals surface area contributed by atoms with Crippen molar-refractivity contribution in [3.8, 4) is 0 Å². The number of carbonyl (C=O) groups excluding carboxylic acids is 1. The predicted molar refractivity (Wildman–Crippen MR) is 92.4 cm³/mol. The van der Waals surface area contributed by atoms with Crippen LogP contribution in [0.2, 0.25) is 0 Å². The van der Waals surface area contributed by atoms with E-state index in [1.165, 1.54) is 5.56 Å². The smallest absolute Gasteiger partial charge is 0.315 e. The quantitative estimate of drug-likeness (QED) is 0.735. The highest BCUT2D eigenvalue weighted by atomic mass is 16.5. The van der Waals surface area contributed by atoms with E-state index < -0.39 is 0 Å². The number of amides is 2. The Kier molecular flexibility index (Phi) is 7.14. The average Bonchev–Trinajstić information content (AvgIpc) is 2.60. The first-order chi connectivity index (χ1) is 11.3. The largest absolute Gasteiger partial charge is 0.380 e. The van der Waals surface area contributed by atoms with Crippen molar-refractivity contribution in [2.24, 2.45) is 0 Å². The van der Waals surface area contributed by atoms with Crippen molar-refractivity contribution in [1.29, 1.82) is 0 Å². The zero-order valence-electron chi connectivity index (χ0n) is 13.5. The van der Waals surface area contributed by atoms with Crippen LogP contribution in [0.25, 0.3) is 0 Å². The number of urea groups is 1. The number of rotatable bonds is 8. The maximum absolute atomic E-state index is 12.1. The van der Waals surface area contributed by atoms with Crippen LogP contribution in [-0.2, 0) is 11.2 Å². The van der Waals surface area contributed by atoms with Crippen LogP contribution in [0, 0.1) is 0 Å². The topological polar surface area (TPSA) is 50.4 Å². The molecule has 0 saturated carbocycles. The zero-order chi connectivity index (χ0) is 16.3. The Morgan fingerprint density at radius 1 is 1.04 bits per heavy atom. The number of carbonyl (C=O) groups is 1. The van der Waals surface area contributed by atoms with Crippen LogP contribution in [0.4, 0.5) is 4.79 Å². The molecule has 23 heavy (non-hydrogen) atoms. The molecule has 2 amide bonds. The molecule has 1 unspecified atom stereocenters. The third-order valence-corrected chi connectivity index (χ3v) is 3.53. The monoisotopic (exact) mass is 312 g/mol. The molecule has 0 bridgehead atoms. The summed E-state index contributed by atoms with van der Waals surface area (Å²) in [7, 11) is 0. The highest BCUT2D eigenvalue weighted by molar-refractivity contribution is 5.74. The van der Waals surface area contributed by atoms with E-state index in [0.29, 0.717) is 19.8 Å². The van der Waals surface area contributed by atoms with E-state index in [9.17, 15) is 4.79 Å². The van der Waals surface area contributed by atoms with Gasteiger partial charge in [-0.1, -0.05) is 60.7 Å². The average molecular weight is 312 g/mol. The summed E-state index contributed by atoms with van der Waals surface area (Å²) in [5.41, 5.74) is 2.28. The molecule has 0 aliphatic carbocycles. The van der Waals surface area contributed by atoms with Crippen LogP contribution < -0.4 is 10.6 Å². The number of ether oxygens (including phenoxy) is 1. The Labute approximate surface area is 137 Å². The SMILES string of the molecule is CCOCCNC(=O)NC(Cc1ccccc1)c1ccccc1. The van der Waals surface area contributed by atoms with Gasteiger partial charge in [0.25, 0.3) is 0 Å². The summed E-state index contributed by atoms with van der Waals surface area (Å²) in [6.45, 7) is 3.63. The summed E-state index contributed by atoms with van der Waals surface area (Å²) >= 11 is 0. The first kappa shape index (κ1) is 17.0. The van der Waals surface area contributed by atoms with Gasteiger partial charge in [0, 0.05) is 13.2 Å². The van der Waals surface area contributed by atoms with Gasteiger partial charge in [-0.25, -0.2) is 4.79 Å². The van der Waals surface area contributed by atoms with Crippen LogP contribution in [0.3, 0.4) is 0 Å². The summed E-state index contributed by atoms with van der Waals surface area (Å²) in [5, 5.41) is 5.88. The molecule has 0 spiro atoms. The van der Waals surface area contributed by atoms with Crippen molar-refractivity contribution in [1.82, 2.24) is 10.6 Å². The van der Waals surface area contributed by atoms with E-state index in [0.717, 1.165) is 12.0 Å². The summed E-state index contributed by atoms with van der Waals surface area (Å²) in [5.74, 6) is 0. The highest BCUT2D eigenvalue weighted by Crippen LogP contribution is 2.18. The molecule has 4 nitrogen and oxygen atoms in total. The second kappa shape index (κ2) is 9.64. The van der Waals surface area contributed by atoms with Gasteiger partial charge in [0.1, 0.15) is 0 Å². The van der Waals surface area contributed by atoms with Gasteiger partial charge >= 0.3 is 6.03 Å². The van der Waals surface area contributed by atoms with Crippen molar-refractivity contribution in [3.63, 3.8) is 0 Å². The summed E-state index contributed by atoms with van der Waals surface area (Å²) in [6.07, 6.45) is 0.754. The number of hydrogen-bond acceptors (Lipinski definition) is 2. The Morgan fingerprint density at radius 3 is 2.35 bits per heavy atom. The van der Waals surface area contributed by atoms with Gasteiger partial charge < -0.3 is 15.4 Å². The van der Waals surface area contributed by atoms with Gasteiger partial charge in [-0.3, -0.25) is 0 Å². The molecule has 4 heteroatoms. The third-order valence-electron chi connectivity index (χ3n) is 3.53. The maximum Gasteiger partial charge on any atom is 0.315 e. The maximum atomic E-state index is 12.1. The standard InChI is InChI=1S/C19H24N2O2/c1-2-23-14-13-20-19(22)21-18(17-11-7-4-8-12-17)15-16-9-5-3-6-10-16/h3-12,18H,2,13-15H2,1H3,(H2,20,21,22). The Bertz CT molecular complexity index is 572. The fourth-order valence-corrected chi connectivity index (χ4v) is 2.38. The lowest BCUT2D eigenvalue weighted by Gasteiger charge is -2.20. The molecule has 122 valence electrons. The minimum Gasteiger partial charge on any atom is -0.380 e. The van der Waals surface area contributed by atoms with Crippen LogP contribution in [0.15, 0.2) is 60.7 Å². The molecular formula is C19H24N2O2. The molecular weight excluding hydrogens is 288 g/mol. The van der Waals surface area contributed by atoms with E-state index in [2.05, 4.69) is 22.8 Å². The van der Waals surface area contributed by atoms with Gasteiger partial charge in [0.2, 0.25) is 0 Å². The molecule has 0 fully saturated rings. The fourth-order valence-electron chi connectivity index (χ4n) is 2.38. The highest BCUT2D eigenvalue weighted by Gasteiger charge is 2.14. The normalized spacial score (nSPS) is 11.7. The molecule has 1 atom stereocenters. The van der Waals surface area contributed by atoms with Crippen molar-refractivity contribution < 1.29 is 9.53 Å². The minimum atomic E-state index is -0.172. The molecule has 0 aliphatic rings. The van der Waals surface area contributed by atoms with Crippen molar-refractivity contribution in [3.05, 3.63) is 71.8 Å². The molecule has 0 heterocycles. The zero-order valence-corrected chi connectivity index (χ0v) is 13.5. The van der Waals surface area contributed by atoms with E-state index in [1.54, 1.807) is 0 Å². The molecule has 2 aromatic rings. The van der Waals surface area contributed by atoms with Crippen molar-refractivity contribution >= 4 is 6.03 Å². The van der Waals surface area contributed by atoms with E-state index in [-0.39, 0.29) is 12.1 Å². The van der Waals surface area contributed by atoms with E-state index in [4.69, 9.17) is 4.74 Å². The van der Waals surface area contributed by atoms with Crippen LogP contribution >= 0.6 is 0 Å². The van der Waals surface area contributed by atoms with Gasteiger partial charge in [-0.15, -0.1) is 0 Å². The van der Waals surface area contributed by atoms with E-state index in [1.807, 2.05) is 55.5 Å². The Hall–Kier alpha value is -2.33. The summed E-state index contributed by atoms with van der Waals surface area (Å²) in [6, 6.07) is 20.0. The second-order valence-electron chi connectivity index (χ2n) is 5.25. The molecule has 2 N–H and O–H groups in total. The molecule has 0 aliphatic heterocycles. The Balaban J connectivity index is 1.98. The summed E-state index contributed by atoms with van der Waals surface area (Å²) < 4.78 is 5.23. The van der Waals surface area contributed by atoms with E-state index >= 15 is 0 Å². The molecule has 2 aromatic carbocycles. The number of benzene rings is 2. The van der Waals surface area contributed by atoms with Crippen LogP contribution in [0.1, 0.15) is 24.1 Å². The molecule has 0 saturated heterocycles. The summed E-state index contributed by atoms with van der Waals surface area (Å²) in [4.78, 5) is 12.1. The number of hydrogen-bond donors (Lipinski definition) is 2. The van der Waals surface area contributed by atoms with Crippen molar-refractivity contribution in [2.45, 2.75) is 19.4 Å². The molecule has 0 radical (unpaired) electrons. The first-order valence-electron chi connectivity index (χ1n) is 8.00. The van der Waals surface area contributed by atoms with Gasteiger partial charge in [0.15, 0.2) is 0 Å². The van der Waals surface area contributed by atoms with Crippen LogP contribution in [-0.4, -0.2) is 25.8 Å². The lowest BCUT2D eigenvalue weighted by atomic mass is 9.99. The minimum absolute atomic E-state index is 0.0642. The van der Waals surface area contributed by atoms with Gasteiger partial charge in [0.05, 0.1) is 12.6 Å². The molecule has 2 rings (SSSR count). The van der Waals surface area contributed by atoms with Crippen LogP contribution in [0.5, 0.6) is 0 Å². The lowest BCUT2D eigenvalue weighted by Crippen LogP contribution is -2.40. The van der Waals surface area contributed by atoms with Crippen molar-refractivity contribution in [2.75, 3.05) is 19.8 Å². The second-order valence-corrected chi connectivity index (χ2v) is 5.25. The Morgan fingerprint density at radius 2 is 1.70 bits per heavy atom. The first-order valence-corrected chi connectivity index (χ1v) is 8.00. The molecule has 0 aromatic heterocycles. The predicted octanol–water partition coefficient (Wildman–Crippen LogP) is 3.31. The fraction of sp³-hybridized carbons (Fsp3) is 0.316.